The van der Waals surface area contributed by atoms with Crippen molar-refractivity contribution in [2.24, 2.45) is 0 Å². The van der Waals surface area contributed by atoms with Crippen LogP contribution in [0.4, 0.5) is 5.69 Å². The largest absolute Gasteiger partial charge is 0.494 e. The monoisotopic (exact) mass is 417 g/mol. The van der Waals surface area contributed by atoms with E-state index in [1.807, 2.05) is 6.92 Å². The number of nitrogens with zero attached hydrogens (tertiary/aromatic N) is 1. The Hall–Kier alpha value is -4.26. The van der Waals surface area contributed by atoms with Gasteiger partial charge in [0.15, 0.2) is 5.78 Å². The van der Waals surface area contributed by atoms with Crippen molar-refractivity contribution in [3.63, 3.8) is 0 Å². The number of allylic oxidation sites excluding steroid dienone is 1. The lowest BCUT2D eigenvalue weighted by Crippen LogP contribution is -2.08. The zero-order chi connectivity index (χ0) is 22.2. The number of esters is 1. The summed E-state index contributed by atoms with van der Waals surface area (Å²) in [4.78, 5) is 34.6. The zero-order valence-corrected chi connectivity index (χ0v) is 16.7. The van der Waals surface area contributed by atoms with Crippen LogP contribution in [-0.2, 0) is 0 Å². The molecule has 156 valence electrons. The van der Waals surface area contributed by atoms with Crippen LogP contribution in [-0.4, -0.2) is 23.3 Å². The molecule has 0 radical (unpaired) electrons. The van der Waals surface area contributed by atoms with Gasteiger partial charge in [0.25, 0.3) is 5.69 Å². The number of benzene rings is 3. The minimum atomic E-state index is -0.519. The second kappa shape index (κ2) is 9.98. The fourth-order valence-corrected chi connectivity index (χ4v) is 2.68. The molecule has 0 spiro atoms. The third kappa shape index (κ3) is 5.86. The van der Waals surface area contributed by atoms with Gasteiger partial charge in [-0.1, -0.05) is 18.2 Å². The van der Waals surface area contributed by atoms with Crippen LogP contribution in [0.2, 0.25) is 0 Å². The first-order valence-electron chi connectivity index (χ1n) is 9.48. The van der Waals surface area contributed by atoms with Crippen LogP contribution in [0.1, 0.15) is 33.2 Å². The second-order valence-electron chi connectivity index (χ2n) is 6.42. The number of ketones is 1. The number of rotatable bonds is 8. The van der Waals surface area contributed by atoms with Gasteiger partial charge >= 0.3 is 5.97 Å². The summed E-state index contributed by atoms with van der Waals surface area (Å²) < 4.78 is 10.7. The molecule has 0 aromatic heterocycles. The Kier molecular flexibility index (Phi) is 6.90. The van der Waals surface area contributed by atoms with E-state index in [2.05, 4.69) is 0 Å². The number of non-ortho nitro benzene ring substituents is 1. The SMILES string of the molecule is CCOc1ccc(C(=O)Oc2ccc(/C=C/C(=O)c3ccc([N+](=O)[O-])cc3)cc2)cc1. The maximum atomic E-state index is 12.2. The minimum Gasteiger partial charge on any atom is -0.494 e. The molecular formula is C24H19NO6. The Labute approximate surface area is 178 Å². The molecule has 0 aliphatic heterocycles. The van der Waals surface area contributed by atoms with Crippen molar-refractivity contribution in [2.45, 2.75) is 6.92 Å². The van der Waals surface area contributed by atoms with Gasteiger partial charge < -0.3 is 9.47 Å². The summed E-state index contributed by atoms with van der Waals surface area (Å²) in [6.07, 6.45) is 2.99. The quantitative estimate of drug-likeness (QED) is 0.126. The molecule has 0 bridgehead atoms. The molecule has 0 atom stereocenters. The van der Waals surface area contributed by atoms with E-state index < -0.39 is 10.9 Å². The molecule has 0 aliphatic carbocycles. The van der Waals surface area contributed by atoms with E-state index in [4.69, 9.17) is 9.47 Å². The molecule has 3 aromatic carbocycles. The van der Waals surface area contributed by atoms with Crippen LogP contribution in [0, 0.1) is 10.1 Å². The molecule has 0 aliphatic rings. The van der Waals surface area contributed by atoms with E-state index in [1.54, 1.807) is 54.6 Å². The van der Waals surface area contributed by atoms with Gasteiger partial charge in [-0.05, 0) is 67.1 Å². The lowest BCUT2D eigenvalue weighted by atomic mass is 10.1. The zero-order valence-electron chi connectivity index (χ0n) is 16.7. The molecule has 3 rings (SSSR count). The normalized spacial score (nSPS) is 10.6. The van der Waals surface area contributed by atoms with Crippen molar-refractivity contribution in [3.05, 3.63) is 106 Å². The number of hydrogen-bond donors (Lipinski definition) is 0. The van der Waals surface area contributed by atoms with Crippen LogP contribution in [0.15, 0.2) is 78.9 Å². The molecule has 0 unspecified atom stereocenters. The van der Waals surface area contributed by atoms with Gasteiger partial charge in [0, 0.05) is 17.7 Å². The van der Waals surface area contributed by atoms with E-state index in [0.717, 1.165) is 5.56 Å². The van der Waals surface area contributed by atoms with Crippen LogP contribution in [0.25, 0.3) is 6.08 Å². The molecule has 0 fully saturated rings. The Bertz CT molecular complexity index is 1100. The first-order chi connectivity index (χ1) is 15.0. The molecule has 0 heterocycles. The summed E-state index contributed by atoms with van der Waals surface area (Å²) in [5.41, 5.74) is 1.41. The molecule has 7 heteroatoms. The van der Waals surface area contributed by atoms with Crippen LogP contribution < -0.4 is 9.47 Å². The first kappa shape index (κ1) is 21.4. The highest BCUT2D eigenvalue weighted by Crippen LogP contribution is 2.18. The van der Waals surface area contributed by atoms with Crippen molar-refractivity contribution < 1.29 is 24.0 Å². The standard InChI is InChI=1S/C24H19NO6/c1-2-30-21-14-8-19(9-15-21)24(27)31-22-12-3-17(4-13-22)5-16-23(26)18-6-10-20(11-7-18)25(28)29/h3-16H,2H2,1H3/b16-5+. The van der Waals surface area contributed by atoms with Gasteiger partial charge in [-0.15, -0.1) is 0 Å². The van der Waals surface area contributed by atoms with E-state index in [0.29, 0.717) is 29.2 Å². The summed E-state index contributed by atoms with van der Waals surface area (Å²) in [6, 6.07) is 18.7. The number of carbonyl (C=O) groups is 2. The molecule has 31 heavy (non-hydrogen) atoms. The van der Waals surface area contributed by atoms with E-state index in [9.17, 15) is 19.7 Å². The van der Waals surface area contributed by atoms with E-state index in [-0.39, 0.29) is 11.5 Å². The van der Waals surface area contributed by atoms with Gasteiger partial charge in [-0.25, -0.2) is 4.79 Å². The maximum Gasteiger partial charge on any atom is 0.343 e. The van der Waals surface area contributed by atoms with E-state index >= 15 is 0 Å². The Balaban J connectivity index is 1.59. The van der Waals surface area contributed by atoms with Crippen molar-refractivity contribution in [3.8, 4) is 11.5 Å². The molecule has 0 N–H and O–H groups in total. The number of ether oxygens (including phenoxy) is 2. The fraction of sp³-hybridized carbons (Fsp3) is 0.0833. The molecule has 0 saturated heterocycles. The summed E-state index contributed by atoms with van der Waals surface area (Å²) in [6.45, 7) is 2.43. The predicted molar refractivity (Wildman–Crippen MR) is 115 cm³/mol. The lowest BCUT2D eigenvalue weighted by molar-refractivity contribution is -0.384. The van der Waals surface area contributed by atoms with Crippen molar-refractivity contribution >= 4 is 23.5 Å². The number of carbonyl (C=O) groups excluding carboxylic acids is 2. The number of nitro benzene ring substituents is 1. The average molecular weight is 417 g/mol. The van der Waals surface area contributed by atoms with Crippen LogP contribution in [0.5, 0.6) is 11.5 Å². The fourth-order valence-electron chi connectivity index (χ4n) is 2.68. The Morgan fingerprint density at radius 3 is 2.03 bits per heavy atom. The van der Waals surface area contributed by atoms with Gasteiger partial charge in [-0.2, -0.15) is 0 Å². The summed E-state index contributed by atoms with van der Waals surface area (Å²) in [7, 11) is 0. The molecule has 7 nitrogen and oxygen atoms in total. The Morgan fingerprint density at radius 1 is 0.871 bits per heavy atom. The van der Waals surface area contributed by atoms with Gasteiger partial charge in [0.1, 0.15) is 11.5 Å². The van der Waals surface area contributed by atoms with Gasteiger partial charge in [-0.3, -0.25) is 14.9 Å². The highest BCUT2D eigenvalue weighted by molar-refractivity contribution is 6.06. The topological polar surface area (TPSA) is 95.7 Å². The van der Waals surface area contributed by atoms with Gasteiger partial charge in [0.05, 0.1) is 17.1 Å². The van der Waals surface area contributed by atoms with Crippen LogP contribution in [0.3, 0.4) is 0 Å². The highest BCUT2D eigenvalue weighted by atomic mass is 16.6. The smallest absolute Gasteiger partial charge is 0.343 e. The average Bonchev–Trinajstić information content (AvgIpc) is 2.79. The molecule has 0 amide bonds. The number of hydrogen-bond acceptors (Lipinski definition) is 6. The number of nitro groups is 1. The van der Waals surface area contributed by atoms with Crippen molar-refractivity contribution in [2.75, 3.05) is 6.61 Å². The lowest BCUT2D eigenvalue weighted by Gasteiger charge is -2.06. The summed E-state index contributed by atoms with van der Waals surface area (Å²) in [5, 5.41) is 10.7. The summed E-state index contributed by atoms with van der Waals surface area (Å²) >= 11 is 0. The molecule has 0 saturated carbocycles. The minimum absolute atomic E-state index is 0.0732. The van der Waals surface area contributed by atoms with Crippen molar-refractivity contribution in [1.29, 1.82) is 0 Å². The third-order valence-corrected chi connectivity index (χ3v) is 4.28. The predicted octanol–water partition coefficient (Wildman–Crippen LogP) is 5.11. The first-order valence-corrected chi connectivity index (χ1v) is 9.48. The Morgan fingerprint density at radius 2 is 1.45 bits per heavy atom. The van der Waals surface area contributed by atoms with Crippen LogP contribution >= 0.6 is 0 Å². The maximum absolute atomic E-state index is 12.2. The van der Waals surface area contributed by atoms with Crippen molar-refractivity contribution in [1.82, 2.24) is 0 Å². The molecular weight excluding hydrogens is 398 g/mol. The molecule has 3 aromatic rings. The van der Waals surface area contributed by atoms with Gasteiger partial charge in [0.2, 0.25) is 0 Å². The van der Waals surface area contributed by atoms with E-state index in [1.165, 1.54) is 30.3 Å². The third-order valence-electron chi connectivity index (χ3n) is 4.28. The highest BCUT2D eigenvalue weighted by Gasteiger charge is 2.09. The summed E-state index contributed by atoms with van der Waals surface area (Å²) in [5.74, 6) is 0.289. The second-order valence-corrected chi connectivity index (χ2v) is 6.42.